The van der Waals surface area contributed by atoms with Gasteiger partial charge in [0.15, 0.2) is 0 Å². The average molecular weight is 732 g/mol. The first-order valence-electron chi connectivity index (χ1n) is 18.5. The molecule has 0 radical (unpaired) electrons. The zero-order chi connectivity index (χ0) is 39.3. The van der Waals surface area contributed by atoms with Gasteiger partial charge in [-0.1, -0.05) is 71.4 Å². The Morgan fingerprint density at radius 1 is 0.962 bits per heavy atom. The van der Waals surface area contributed by atoms with E-state index in [1.165, 1.54) is 14.2 Å². The van der Waals surface area contributed by atoms with E-state index in [9.17, 15) is 24.0 Å². The summed E-state index contributed by atoms with van der Waals surface area (Å²) in [4.78, 5) is 70.4. The standard InChI is InChI=1S/C38H65N7O7/c1-11-23(4)33(44(8)38(50)32(25(6)39)43-37(49)31(41-7)22(2)3)29(51-9)21-30(46)45-19-15-18-28(45)34(52-10)24(5)36(48)42-27(35(40)47)20-26-16-13-12-14-17-26/h12-14,16-17,22-25,27-29,31-34,41H,11,15,18-21,39H2,1-10H3,(H2,40,47)(H,42,48)(H,43,49)/t23-,24+,25-,27-,28-,29+,31?,32-,33-,34+/m0/s1. The number of carbonyl (C=O) groups excluding carboxylic acids is 5. The van der Waals surface area contributed by atoms with E-state index in [4.69, 9.17) is 20.9 Å². The molecule has 1 aromatic rings. The number of nitrogens with zero attached hydrogens (tertiary/aromatic N) is 2. The molecule has 0 bridgehead atoms. The van der Waals surface area contributed by atoms with Crippen molar-refractivity contribution in [3.05, 3.63) is 35.9 Å². The smallest absolute Gasteiger partial charge is 0.246 e. The van der Waals surface area contributed by atoms with Crippen LogP contribution in [0.5, 0.6) is 0 Å². The largest absolute Gasteiger partial charge is 0.379 e. The minimum absolute atomic E-state index is 0.0144. The SMILES string of the molecule is CC[C@H](C)[C@@H]([C@@H](CC(=O)N1CCC[C@H]1[C@H](OC)[C@@H](C)C(=O)N[C@@H](Cc1ccccc1)C(N)=O)OC)N(C)C(=O)[C@@H](NC(=O)C(NC)C(C)C)[C@H](C)N. The molecule has 0 saturated carbocycles. The van der Waals surface area contributed by atoms with Crippen LogP contribution in [0.15, 0.2) is 30.3 Å². The number of ether oxygens (including phenoxy) is 2. The molecule has 1 unspecified atom stereocenters. The lowest BCUT2D eigenvalue weighted by Gasteiger charge is -2.41. The van der Waals surface area contributed by atoms with Gasteiger partial charge in [-0.05, 0) is 44.2 Å². The van der Waals surface area contributed by atoms with Gasteiger partial charge in [0.25, 0.3) is 0 Å². The predicted molar refractivity (Wildman–Crippen MR) is 201 cm³/mol. The zero-order valence-corrected chi connectivity index (χ0v) is 32.9. The van der Waals surface area contributed by atoms with Crippen LogP contribution in [0.1, 0.15) is 72.8 Å². The first-order valence-corrected chi connectivity index (χ1v) is 18.5. The van der Waals surface area contributed by atoms with E-state index in [1.54, 1.807) is 37.7 Å². The molecule has 2 rings (SSSR count). The molecule has 1 aromatic carbocycles. The molecular weight excluding hydrogens is 666 g/mol. The third-order valence-electron chi connectivity index (χ3n) is 10.6. The molecule has 1 fully saturated rings. The number of hydrogen-bond acceptors (Lipinski definition) is 9. The number of primary amides is 1. The van der Waals surface area contributed by atoms with Gasteiger partial charge in [0.2, 0.25) is 29.5 Å². The van der Waals surface area contributed by atoms with Crippen molar-refractivity contribution in [3.63, 3.8) is 0 Å². The Kier molecular flexibility index (Phi) is 18.2. The van der Waals surface area contributed by atoms with Crippen molar-refractivity contribution in [1.29, 1.82) is 0 Å². The number of nitrogens with one attached hydrogen (secondary N) is 3. The van der Waals surface area contributed by atoms with E-state index in [0.717, 1.165) is 5.56 Å². The number of carbonyl (C=O) groups is 5. The average Bonchev–Trinajstić information content (AvgIpc) is 3.59. The highest BCUT2D eigenvalue weighted by atomic mass is 16.5. The summed E-state index contributed by atoms with van der Waals surface area (Å²) >= 11 is 0. The molecule has 14 heteroatoms. The fourth-order valence-corrected chi connectivity index (χ4v) is 7.33. The number of hydrogen-bond donors (Lipinski definition) is 5. The van der Waals surface area contributed by atoms with Crippen molar-refractivity contribution in [2.24, 2.45) is 29.2 Å². The van der Waals surface area contributed by atoms with Crippen LogP contribution >= 0.6 is 0 Å². The summed E-state index contributed by atoms with van der Waals surface area (Å²) in [7, 11) is 6.38. The van der Waals surface area contributed by atoms with Gasteiger partial charge in [0.1, 0.15) is 12.1 Å². The van der Waals surface area contributed by atoms with Crippen LogP contribution in [0.25, 0.3) is 0 Å². The van der Waals surface area contributed by atoms with E-state index < -0.39 is 66.2 Å². The molecule has 1 aliphatic rings. The van der Waals surface area contributed by atoms with Crippen molar-refractivity contribution in [2.75, 3.05) is 34.9 Å². The van der Waals surface area contributed by atoms with Gasteiger partial charge >= 0.3 is 0 Å². The number of methoxy groups -OCH3 is 2. The summed E-state index contributed by atoms with van der Waals surface area (Å²) < 4.78 is 11.8. The molecule has 14 nitrogen and oxygen atoms in total. The molecule has 10 atom stereocenters. The third-order valence-corrected chi connectivity index (χ3v) is 10.6. The molecule has 0 aliphatic carbocycles. The second-order valence-electron chi connectivity index (χ2n) is 14.6. The lowest BCUT2D eigenvalue weighted by molar-refractivity contribution is -0.147. The summed E-state index contributed by atoms with van der Waals surface area (Å²) in [6.07, 6.45) is 0.916. The van der Waals surface area contributed by atoms with Crippen molar-refractivity contribution in [3.8, 4) is 0 Å². The fraction of sp³-hybridized carbons (Fsp3) is 0.711. The monoisotopic (exact) mass is 731 g/mol. The molecule has 1 heterocycles. The molecule has 1 saturated heterocycles. The van der Waals surface area contributed by atoms with E-state index in [1.807, 2.05) is 58.0 Å². The normalized spacial score (nSPS) is 19.8. The highest BCUT2D eigenvalue weighted by Gasteiger charge is 2.43. The molecule has 294 valence electrons. The Morgan fingerprint density at radius 2 is 1.60 bits per heavy atom. The first kappa shape index (κ1) is 44.6. The number of amides is 5. The van der Waals surface area contributed by atoms with E-state index in [-0.39, 0.29) is 42.4 Å². The summed E-state index contributed by atoms with van der Waals surface area (Å²) in [5.74, 6) is -2.73. The first-order chi connectivity index (χ1) is 24.5. The number of rotatable bonds is 21. The van der Waals surface area contributed by atoms with E-state index in [2.05, 4.69) is 16.0 Å². The van der Waals surface area contributed by atoms with Gasteiger partial charge in [-0.15, -0.1) is 0 Å². The number of nitrogens with two attached hydrogens (primary N) is 2. The van der Waals surface area contributed by atoms with E-state index >= 15 is 0 Å². The highest BCUT2D eigenvalue weighted by molar-refractivity contribution is 5.91. The minimum atomic E-state index is -0.994. The molecule has 52 heavy (non-hydrogen) atoms. The molecule has 0 spiro atoms. The van der Waals surface area contributed by atoms with Crippen molar-refractivity contribution >= 4 is 29.5 Å². The summed E-state index contributed by atoms with van der Waals surface area (Å²) in [5.41, 5.74) is 12.8. The maximum Gasteiger partial charge on any atom is 0.246 e. The van der Waals surface area contributed by atoms with Crippen LogP contribution < -0.4 is 27.4 Å². The Hall–Kier alpha value is -3.59. The number of likely N-dealkylation sites (tertiary alicyclic amines) is 1. The van der Waals surface area contributed by atoms with Crippen LogP contribution in [-0.2, 0) is 39.9 Å². The Labute approximate surface area is 310 Å². The molecule has 7 N–H and O–H groups in total. The maximum atomic E-state index is 14.1. The summed E-state index contributed by atoms with van der Waals surface area (Å²) in [5, 5.41) is 8.65. The quantitative estimate of drug-likeness (QED) is 0.123. The third kappa shape index (κ3) is 11.7. The van der Waals surface area contributed by atoms with Crippen molar-refractivity contribution in [1.82, 2.24) is 25.8 Å². The van der Waals surface area contributed by atoms with Gasteiger partial charge < -0.3 is 46.7 Å². The molecular formula is C38H65N7O7. The van der Waals surface area contributed by atoms with Crippen LogP contribution in [0, 0.1) is 17.8 Å². The van der Waals surface area contributed by atoms with Gasteiger partial charge in [0.05, 0.1) is 42.7 Å². The lowest BCUT2D eigenvalue weighted by Crippen LogP contribution is -2.62. The Balaban J connectivity index is 2.26. The van der Waals surface area contributed by atoms with Gasteiger partial charge in [0, 0.05) is 40.3 Å². The fourth-order valence-electron chi connectivity index (χ4n) is 7.33. The lowest BCUT2D eigenvalue weighted by atomic mass is 9.89. The van der Waals surface area contributed by atoms with Gasteiger partial charge in [-0.2, -0.15) is 0 Å². The number of benzene rings is 1. The molecule has 1 aliphatic heterocycles. The zero-order valence-electron chi connectivity index (χ0n) is 32.9. The minimum Gasteiger partial charge on any atom is -0.379 e. The van der Waals surface area contributed by atoms with Crippen LogP contribution in [-0.4, -0.2) is 123 Å². The van der Waals surface area contributed by atoms with Crippen molar-refractivity contribution < 1.29 is 33.4 Å². The van der Waals surface area contributed by atoms with Crippen LogP contribution in [0.3, 0.4) is 0 Å². The van der Waals surface area contributed by atoms with E-state index in [0.29, 0.717) is 25.8 Å². The second-order valence-corrected chi connectivity index (χ2v) is 14.6. The topological polar surface area (TPSA) is 198 Å². The summed E-state index contributed by atoms with van der Waals surface area (Å²) in [6.45, 7) is 11.7. The van der Waals surface area contributed by atoms with Crippen molar-refractivity contribution in [2.45, 2.75) is 122 Å². The van der Waals surface area contributed by atoms with Crippen LogP contribution in [0.2, 0.25) is 0 Å². The summed E-state index contributed by atoms with van der Waals surface area (Å²) in [6, 6.07) is 5.27. The van der Waals surface area contributed by atoms with Crippen LogP contribution in [0.4, 0.5) is 0 Å². The second kappa shape index (κ2) is 21.2. The molecule has 5 amide bonds. The Bertz CT molecular complexity index is 1310. The maximum absolute atomic E-state index is 14.1. The Morgan fingerprint density at radius 3 is 2.10 bits per heavy atom. The molecule has 0 aromatic heterocycles. The van der Waals surface area contributed by atoms with Gasteiger partial charge in [-0.25, -0.2) is 0 Å². The predicted octanol–water partition coefficient (Wildman–Crippen LogP) is 1.20. The number of likely N-dealkylation sites (N-methyl/N-ethyl adjacent to an activating group) is 2. The highest BCUT2D eigenvalue weighted by Crippen LogP contribution is 2.29. The van der Waals surface area contributed by atoms with Gasteiger partial charge in [-0.3, -0.25) is 24.0 Å².